The van der Waals surface area contributed by atoms with E-state index in [-0.39, 0.29) is 26.4 Å². The first kappa shape index (κ1) is 78.5. The molecule has 17 heteroatoms. The summed E-state index contributed by atoms with van der Waals surface area (Å²) in [5.41, 5.74) is 23.1. The zero-order valence-corrected chi connectivity index (χ0v) is 70.2. The summed E-state index contributed by atoms with van der Waals surface area (Å²) in [6, 6.07) is 139. The van der Waals surface area contributed by atoms with Crippen molar-refractivity contribution >= 4 is 178 Å². The van der Waals surface area contributed by atoms with Crippen LogP contribution in [0, 0.1) is 0 Å². The first-order valence-electron chi connectivity index (χ1n) is 40.5. The molecule has 7 aromatic heterocycles. The van der Waals surface area contributed by atoms with Gasteiger partial charge in [-0.05, 0) is 176 Å². The van der Waals surface area contributed by atoms with Gasteiger partial charge in [-0.25, -0.2) is 49.8 Å². The number of halogens is 5. The summed E-state index contributed by atoms with van der Waals surface area (Å²) in [7, 11) is 0. The van der Waals surface area contributed by atoms with Crippen LogP contribution in [0.15, 0.2) is 406 Å². The van der Waals surface area contributed by atoms with E-state index < -0.39 is 0 Å². The SMILES string of the molecule is Clc1nc(-c2ccc(-c3cccc4ccccc34)cc2)c2ccccc2n1.Clc1nc(-c2ccc(-n3c4ccccc4c4ccccc43)cc2)c2ccccc2n1.Clc1nc(-c2ccc3c4ccccc4n(-c4ccccc4)c3c2)c2ccccc2n1.Clc1nc(-c2ccc3ccccc3c2)c2ccccc2n1.Clc1nc(-c2ccccc2)c2ccccc2n1. The molecule has 0 aliphatic rings. The fourth-order valence-corrected chi connectivity index (χ4v) is 17.4. The summed E-state index contributed by atoms with van der Waals surface area (Å²) in [5, 5.41) is 16.2. The molecule has 17 aromatic carbocycles. The average Bonchev–Trinajstić information content (AvgIpc) is 1.60. The standard InChI is InChI=1S/2C26H16ClN3.C24H15ClN2.C18H11ClN2.C14H9ClN2/c27-26-28-22-10-4-1-9-21(22)25(29-26)17-13-15-18(16-14-17)30-23-11-5-2-7-19(23)20-8-3-6-12-24(20)30;27-26-28-22-12-6-4-11-21(22)25(29-26)17-14-15-20-19-10-5-7-13-23(19)30(24(20)16-17)18-8-2-1-3-9-18;25-24-26-22-11-4-3-9-21(22)23(27-24)18-14-12-17(13-15-18)20-10-5-7-16-6-1-2-8-19(16)20;19-18-20-16-8-4-3-7-15(16)17(21-18)14-10-9-12-5-1-2-6-13(12)11-14;15-14-16-12-9-5-4-8-11(12)13(17-14)10-6-2-1-3-7-10/h2*1-16H;1-15H;1-11H;1-9H. The number of fused-ring (bicyclic) bond motifs is 13. The lowest BCUT2D eigenvalue weighted by Gasteiger charge is -2.10. The van der Waals surface area contributed by atoms with Gasteiger partial charge < -0.3 is 9.13 Å². The fourth-order valence-electron chi connectivity index (χ4n) is 16.5. The molecular weight excluding hydrogens is 1640 g/mol. The van der Waals surface area contributed by atoms with E-state index in [0.717, 1.165) is 128 Å². The third-order valence-corrected chi connectivity index (χ3v) is 23.0. The topological polar surface area (TPSA) is 139 Å². The zero-order valence-electron chi connectivity index (χ0n) is 66.4. The molecule has 7 heterocycles. The minimum absolute atomic E-state index is 0.257. The minimum atomic E-state index is 0.257. The van der Waals surface area contributed by atoms with E-state index in [9.17, 15) is 0 Å². The Kier molecular flexibility index (Phi) is 21.9. The molecule has 594 valence electrons. The van der Waals surface area contributed by atoms with Crippen LogP contribution in [0.25, 0.3) is 198 Å². The molecule has 0 aliphatic carbocycles. The highest BCUT2D eigenvalue weighted by molar-refractivity contribution is 6.30. The Hall–Kier alpha value is -15.0. The largest absolute Gasteiger partial charge is 0.309 e. The highest BCUT2D eigenvalue weighted by Crippen LogP contribution is 2.40. The highest BCUT2D eigenvalue weighted by Gasteiger charge is 2.20. The molecule has 0 fully saturated rings. The number of hydrogen-bond donors (Lipinski definition) is 0. The predicted octanol–water partition coefficient (Wildman–Crippen LogP) is 29.9. The van der Waals surface area contributed by atoms with Crippen LogP contribution in [0.1, 0.15) is 0 Å². The molecule has 0 aliphatic heterocycles. The molecule has 0 bridgehead atoms. The monoisotopic (exact) mass is 1710 g/mol. The summed E-state index contributed by atoms with van der Waals surface area (Å²) < 4.78 is 4.61. The van der Waals surface area contributed by atoms with Gasteiger partial charge in [0.1, 0.15) is 0 Å². The van der Waals surface area contributed by atoms with Gasteiger partial charge in [0, 0.05) is 87.7 Å². The number of para-hydroxylation sites is 9. The highest BCUT2D eigenvalue weighted by atomic mass is 35.5. The van der Waals surface area contributed by atoms with Crippen molar-refractivity contribution in [1.29, 1.82) is 0 Å². The van der Waals surface area contributed by atoms with Gasteiger partial charge in [0.2, 0.25) is 26.4 Å². The van der Waals surface area contributed by atoms with E-state index >= 15 is 0 Å². The van der Waals surface area contributed by atoms with Crippen molar-refractivity contribution in [3.63, 3.8) is 0 Å². The third kappa shape index (κ3) is 16.0. The number of hydrogen-bond acceptors (Lipinski definition) is 10. The van der Waals surface area contributed by atoms with Crippen LogP contribution in [-0.4, -0.2) is 59.0 Å². The van der Waals surface area contributed by atoms with Crippen LogP contribution in [0.5, 0.6) is 0 Å². The molecule has 0 N–H and O–H groups in total. The molecule has 125 heavy (non-hydrogen) atoms. The molecule has 0 unspecified atom stereocenters. The van der Waals surface area contributed by atoms with E-state index in [1.807, 2.05) is 170 Å². The minimum Gasteiger partial charge on any atom is -0.309 e. The Bertz CT molecular complexity index is 8140. The van der Waals surface area contributed by atoms with Crippen LogP contribution < -0.4 is 0 Å². The fraction of sp³-hybridized carbons (Fsp3) is 0. The molecule has 0 spiro atoms. The van der Waals surface area contributed by atoms with Crippen molar-refractivity contribution in [3.05, 3.63) is 433 Å². The number of aromatic nitrogens is 12. The van der Waals surface area contributed by atoms with Gasteiger partial charge in [-0.2, -0.15) is 0 Å². The maximum absolute atomic E-state index is 6.26. The number of rotatable bonds is 8. The van der Waals surface area contributed by atoms with E-state index in [2.05, 4.69) is 296 Å². The molecule has 0 atom stereocenters. The molecule has 0 saturated carbocycles. The summed E-state index contributed by atoms with van der Waals surface area (Å²) >= 11 is 30.6. The summed E-state index contributed by atoms with van der Waals surface area (Å²) in [6.45, 7) is 0. The van der Waals surface area contributed by atoms with Gasteiger partial charge in [0.05, 0.1) is 78.1 Å². The van der Waals surface area contributed by atoms with Crippen molar-refractivity contribution in [1.82, 2.24) is 59.0 Å². The lowest BCUT2D eigenvalue weighted by molar-refractivity contribution is 1.18. The summed E-state index contributed by atoms with van der Waals surface area (Å²) in [6.07, 6.45) is 0. The van der Waals surface area contributed by atoms with Crippen molar-refractivity contribution in [2.24, 2.45) is 0 Å². The Morgan fingerprint density at radius 1 is 0.160 bits per heavy atom. The van der Waals surface area contributed by atoms with Gasteiger partial charge in [-0.3, -0.25) is 0 Å². The van der Waals surface area contributed by atoms with E-state index in [1.165, 1.54) is 70.8 Å². The second-order valence-electron chi connectivity index (χ2n) is 29.7. The maximum Gasteiger partial charge on any atom is 0.223 e. The molecule has 0 saturated heterocycles. The maximum atomic E-state index is 6.26. The lowest BCUT2D eigenvalue weighted by Crippen LogP contribution is -1.95. The van der Waals surface area contributed by atoms with E-state index in [4.69, 9.17) is 58.0 Å². The lowest BCUT2D eigenvalue weighted by atomic mass is 9.96. The second kappa shape index (κ2) is 34.9. The van der Waals surface area contributed by atoms with Crippen LogP contribution in [0.4, 0.5) is 0 Å². The Morgan fingerprint density at radius 2 is 0.440 bits per heavy atom. The molecule has 24 aromatic rings. The van der Waals surface area contributed by atoms with E-state index in [0.29, 0.717) is 0 Å². The van der Waals surface area contributed by atoms with Crippen molar-refractivity contribution < 1.29 is 0 Å². The molecule has 24 rings (SSSR count). The second-order valence-corrected chi connectivity index (χ2v) is 31.4. The summed E-state index contributed by atoms with van der Waals surface area (Å²) in [5.74, 6) is 0. The quantitative estimate of drug-likeness (QED) is 0.135. The average molecular weight is 1710 g/mol. The third-order valence-electron chi connectivity index (χ3n) is 22.1. The summed E-state index contributed by atoms with van der Waals surface area (Å²) in [4.78, 5) is 43.8. The van der Waals surface area contributed by atoms with Crippen molar-refractivity contribution in [2.45, 2.75) is 0 Å². The van der Waals surface area contributed by atoms with Crippen LogP contribution >= 0.6 is 58.0 Å². The van der Waals surface area contributed by atoms with Gasteiger partial charge in [-0.1, -0.05) is 322 Å². The van der Waals surface area contributed by atoms with E-state index in [1.54, 1.807) is 0 Å². The molecule has 12 nitrogen and oxygen atoms in total. The zero-order chi connectivity index (χ0) is 84.3. The normalized spacial score (nSPS) is 11.2. The van der Waals surface area contributed by atoms with Gasteiger partial charge >= 0.3 is 0 Å². The van der Waals surface area contributed by atoms with Gasteiger partial charge in [0.15, 0.2) is 0 Å². The number of benzene rings is 17. The van der Waals surface area contributed by atoms with Crippen LogP contribution in [-0.2, 0) is 0 Å². The number of nitrogens with zero attached hydrogens (tertiary/aromatic N) is 12. The molecule has 0 radical (unpaired) electrons. The van der Waals surface area contributed by atoms with Crippen LogP contribution in [0.3, 0.4) is 0 Å². The van der Waals surface area contributed by atoms with Crippen molar-refractivity contribution in [2.75, 3.05) is 0 Å². The Balaban J connectivity index is 0.000000100. The Labute approximate surface area is 742 Å². The van der Waals surface area contributed by atoms with Crippen LogP contribution in [0.2, 0.25) is 26.4 Å². The molecule has 0 amide bonds. The first-order chi connectivity index (χ1) is 61.5. The molecular formula is C108H67Cl5N12. The van der Waals surface area contributed by atoms with Gasteiger partial charge in [-0.15, -0.1) is 0 Å². The van der Waals surface area contributed by atoms with Gasteiger partial charge in [0.25, 0.3) is 0 Å². The first-order valence-corrected chi connectivity index (χ1v) is 42.4. The predicted molar refractivity (Wildman–Crippen MR) is 519 cm³/mol. The Morgan fingerprint density at radius 3 is 0.880 bits per heavy atom. The van der Waals surface area contributed by atoms with Crippen molar-refractivity contribution in [3.8, 4) is 78.8 Å². The smallest absolute Gasteiger partial charge is 0.223 e.